The second-order valence-electron chi connectivity index (χ2n) is 10.7. The zero-order valence-electron chi connectivity index (χ0n) is 21.6. The molecule has 1 saturated carbocycles. The van der Waals surface area contributed by atoms with Crippen LogP contribution in [-0.4, -0.2) is 63.9 Å². The van der Waals surface area contributed by atoms with Crippen LogP contribution in [0.2, 0.25) is 0 Å². The molecule has 1 aromatic carbocycles. The largest absolute Gasteiger partial charge is 0.449 e. The first-order chi connectivity index (χ1) is 19.2. The number of H-pyrrole nitrogens is 1. The highest BCUT2D eigenvalue weighted by atomic mass is 19.4. The van der Waals surface area contributed by atoms with Crippen molar-refractivity contribution >= 4 is 28.8 Å². The Morgan fingerprint density at radius 3 is 2.58 bits per heavy atom. The van der Waals surface area contributed by atoms with E-state index in [4.69, 9.17) is 0 Å². The van der Waals surface area contributed by atoms with Crippen molar-refractivity contribution in [1.29, 1.82) is 0 Å². The highest BCUT2D eigenvalue weighted by molar-refractivity contribution is 5.95. The minimum Gasteiger partial charge on any atom is -0.353 e. The number of aromatic nitrogens is 3. The Morgan fingerprint density at radius 1 is 1.02 bits per heavy atom. The van der Waals surface area contributed by atoms with Gasteiger partial charge in [-0.05, 0) is 55.0 Å². The number of halogens is 4. The smallest absolute Gasteiger partial charge is 0.353 e. The normalized spacial score (nSPS) is 23.7. The zero-order chi connectivity index (χ0) is 28.0. The van der Waals surface area contributed by atoms with E-state index in [9.17, 15) is 27.2 Å². The van der Waals surface area contributed by atoms with E-state index in [0.29, 0.717) is 38.4 Å². The topological polar surface area (TPSA) is 106 Å². The van der Waals surface area contributed by atoms with Crippen LogP contribution in [0, 0.1) is 17.7 Å². The summed E-state index contributed by atoms with van der Waals surface area (Å²) in [4.78, 5) is 39.1. The fourth-order valence-electron chi connectivity index (χ4n) is 6.15. The number of aromatic amines is 1. The number of anilines is 1. The maximum absolute atomic E-state index is 14.8. The molecule has 3 atom stereocenters. The zero-order valence-corrected chi connectivity index (χ0v) is 21.6. The molecule has 0 bridgehead atoms. The predicted octanol–water partition coefficient (Wildman–Crippen LogP) is 3.43. The summed E-state index contributed by atoms with van der Waals surface area (Å²) < 4.78 is 53.7. The van der Waals surface area contributed by atoms with Crippen molar-refractivity contribution in [3.8, 4) is 0 Å². The number of carbonyl (C=O) groups excluding carboxylic acids is 2. The van der Waals surface area contributed by atoms with Crippen molar-refractivity contribution in [2.75, 3.05) is 31.1 Å². The van der Waals surface area contributed by atoms with E-state index in [1.54, 1.807) is 23.1 Å². The molecule has 0 radical (unpaired) electrons. The van der Waals surface area contributed by atoms with Gasteiger partial charge in [-0.25, -0.2) is 19.8 Å². The number of hydrogen-bond donors (Lipinski definition) is 3. The molecular formula is C27H29F4N7O2. The number of piperazine rings is 1. The second-order valence-corrected chi connectivity index (χ2v) is 10.7. The lowest BCUT2D eigenvalue weighted by Gasteiger charge is -2.41. The Bertz CT molecular complexity index is 1430. The van der Waals surface area contributed by atoms with E-state index in [-0.39, 0.29) is 40.5 Å². The molecule has 3 unspecified atom stereocenters. The molecule has 0 spiro atoms. The Morgan fingerprint density at radius 2 is 1.80 bits per heavy atom. The van der Waals surface area contributed by atoms with Crippen LogP contribution >= 0.6 is 0 Å². The van der Waals surface area contributed by atoms with E-state index in [0.717, 1.165) is 31.2 Å². The van der Waals surface area contributed by atoms with Crippen LogP contribution in [0.4, 0.5) is 23.4 Å². The number of benzene rings is 1. The number of alkyl halides is 3. The number of hydrogen-bond acceptors (Lipinski definition) is 6. The van der Waals surface area contributed by atoms with Gasteiger partial charge in [0, 0.05) is 38.1 Å². The molecule has 13 heteroatoms. The summed E-state index contributed by atoms with van der Waals surface area (Å²) >= 11 is 0. The molecule has 3 fully saturated rings. The fourth-order valence-corrected chi connectivity index (χ4v) is 6.15. The van der Waals surface area contributed by atoms with Crippen LogP contribution < -0.4 is 15.8 Å². The molecule has 2 saturated heterocycles. The van der Waals surface area contributed by atoms with Gasteiger partial charge in [0.1, 0.15) is 11.6 Å². The Labute approximate surface area is 227 Å². The number of pyridine rings is 1. The number of nitrogens with zero attached hydrogens (tertiary/aromatic N) is 4. The van der Waals surface area contributed by atoms with Gasteiger partial charge in [0.25, 0.3) is 5.91 Å². The second kappa shape index (κ2) is 10.3. The van der Waals surface area contributed by atoms with Gasteiger partial charge in [-0.15, -0.1) is 0 Å². The number of amides is 2. The van der Waals surface area contributed by atoms with Crippen molar-refractivity contribution in [2.24, 2.45) is 11.8 Å². The molecule has 2 aliphatic heterocycles. The van der Waals surface area contributed by atoms with Gasteiger partial charge in [0.05, 0.1) is 11.1 Å². The third-order valence-corrected chi connectivity index (χ3v) is 8.26. The summed E-state index contributed by atoms with van der Waals surface area (Å²) in [5.41, 5.74) is 6.87. The molecule has 2 amide bonds. The number of nitrogens with one attached hydrogen (secondary N) is 3. The number of rotatable bonds is 4. The van der Waals surface area contributed by atoms with Gasteiger partial charge in [0.15, 0.2) is 5.65 Å². The summed E-state index contributed by atoms with van der Waals surface area (Å²) in [6, 6.07) is 7.72. The maximum atomic E-state index is 14.8. The molecule has 3 aliphatic rings. The molecule has 3 aromatic rings. The van der Waals surface area contributed by atoms with Crippen LogP contribution in [0.1, 0.15) is 47.4 Å². The molecule has 1 aliphatic carbocycles. The number of hydrazine groups is 1. The highest BCUT2D eigenvalue weighted by Gasteiger charge is 2.40. The Kier molecular flexibility index (Phi) is 6.85. The number of carbonyl (C=O) groups is 2. The van der Waals surface area contributed by atoms with Crippen LogP contribution in [-0.2, 0) is 17.4 Å². The molecule has 3 N–H and O–H groups in total. The highest BCUT2D eigenvalue weighted by Crippen LogP contribution is 2.35. The van der Waals surface area contributed by atoms with Gasteiger partial charge in [-0.1, -0.05) is 18.9 Å². The first-order valence-electron chi connectivity index (χ1n) is 13.5. The molecule has 4 heterocycles. The molecule has 2 aromatic heterocycles. The van der Waals surface area contributed by atoms with Crippen molar-refractivity contribution in [3.63, 3.8) is 0 Å². The summed E-state index contributed by atoms with van der Waals surface area (Å²) in [6.45, 7) is 1.38. The van der Waals surface area contributed by atoms with E-state index in [2.05, 4.69) is 25.8 Å². The first kappa shape index (κ1) is 26.5. The average Bonchev–Trinajstić information content (AvgIpc) is 3.40. The Hall–Kier alpha value is -3.74. The van der Waals surface area contributed by atoms with Crippen LogP contribution in [0.3, 0.4) is 0 Å². The average molecular weight is 560 g/mol. The van der Waals surface area contributed by atoms with Crippen molar-refractivity contribution < 1.29 is 27.2 Å². The van der Waals surface area contributed by atoms with Crippen molar-refractivity contribution in [3.05, 3.63) is 53.1 Å². The standard InChI is InChI=1S/C27H29F4N7O2/c28-19-6-5-15(14-21-16-3-1-2-4-17(16)24(39)36-35-21)13-18(19)25(40)38-11-9-37(10-12-38)22-8-7-20-23(33-22)34-26(32-20)27(29,30)31/h5-8,13,16-17,21,35H,1-4,9-12,14H2,(H,36,39)(H,32,33,34). The van der Waals surface area contributed by atoms with Crippen LogP contribution in [0.15, 0.2) is 30.3 Å². The van der Waals surface area contributed by atoms with Gasteiger partial charge in [-0.3, -0.25) is 15.0 Å². The van der Waals surface area contributed by atoms with Crippen LogP contribution in [0.5, 0.6) is 0 Å². The van der Waals surface area contributed by atoms with E-state index >= 15 is 0 Å². The predicted molar refractivity (Wildman–Crippen MR) is 138 cm³/mol. The fraction of sp³-hybridized carbons (Fsp3) is 0.481. The van der Waals surface area contributed by atoms with Gasteiger partial charge >= 0.3 is 6.18 Å². The SMILES string of the molecule is O=C1NNC(Cc2ccc(F)c(C(=O)N3CCN(c4ccc5[nH]c(C(F)(F)F)nc5n4)CC3)c2)C2CCCCC12. The minimum absolute atomic E-state index is 0.00161. The third kappa shape index (κ3) is 5.09. The summed E-state index contributed by atoms with van der Waals surface area (Å²) in [5.74, 6) is -1.44. The lowest BCUT2D eigenvalue weighted by atomic mass is 9.72. The van der Waals surface area contributed by atoms with E-state index in [1.807, 2.05) is 4.90 Å². The summed E-state index contributed by atoms with van der Waals surface area (Å²) in [5, 5.41) is 0. The summed E-state index contributed by atoms with van der Waals surface area (Å²) in [6.07, 6.45) is -0.0957. The maximum Gasteiger partial charge on any atom is 0.449 e. The van der Waals surface area contributed by atoms with Crippen molar-refractivity contribution in [1.82, 2.24) is 30.7 Å². The molecule has 212 valence electrons. The number of fused-ring (bicyclic) bond motifs is 2. The molecular weight excluding hydrogens is 530 g/mol. The summed E-state index contributed by atoms with van der Waals surface area (Å²) in [7, 11) is 0. The van der Waals surface area contributed by atoms with Crippen LogP contribution in [0.25, 0.3) is 11.2 Å². The first-order valence-corrected chi connectivity index (χ1v) is 13.5. The lowest BCUT2D eigenvalue weighted by Crippen LogP contribution is -2.60. The van der Waals surface area contributed by atoms with Gasteiger partial charge in [-0.2, -0.15) is 13.2 Å². The van der Waals surface area contributed by atoms with Crippen molar-refractivity contribution in [2.45, 2.75) is 44.3 Å². The minimum atomic E-state index is -4.60. The van der Waals surface area contributed by atoms with Gasteiger partial charge in [0.2, 0.25) is 11.7 Å². The van der Waals surface area contributed by atoms with Gasteiger partial charge < -0.3 is 14.8 Å². The molecule has 40 heavy (non-hydrogen) atoms. The third-order valence-electron chi connectivity index (χ3n) is 8.26. The lowest BCUT2D eigenvalue weighted by molar-refractivity contribution is -0.144. The van der Waals surface area contributed by atoms with E-state index in [1.165, 1.54) is 12.1 Å². The molecule has 9 nitrogen and oxygen atoms in total. The van der Waals surface area contributed by atoms with E-state index < -0.39 is 23.7 Å². The number of imidazole rings is 1. The monoisotopic (exact) mass is 559 g/mol. The Balaban J connectivity index is 1.12. The molecule has 6 rings (SSSR count). The quantitative estimate of drug-likeness (QED) is 0.423.